The summed E-state index contributed by atoms with van der Waals surface area (Å²) in [5.74, 6) is 0.000989. The van der Waals surface area contributed by atoms with Crippen LogP contribution in [0.4, 0.5) is 0 Å². The van der Waals surface area contributed by atoms with Crippen molar-refractivity contribution in [2.45, 2.75) is 24.2 Å². The molecule has 1 heterocycles. The van der Waals surface area contributed by atoms with Crippen molar-refractivity contribution in [1.29, 1.82) is 0 Å². The van der Waals surface area contributed by atoms with E-state index in [0.29, 0.717) is 17.9 Å². The lowest BCUT2D eigenvalue weighted by Gasteiger charge is -2.19. The van der Waals surface area contributed by atoms with Gasteiger partial charge in [-0.05, 0) is 24.6 Å². The highest BCUT2D eigenvalue weighted by atomic mass is 32.2. The van der Waals surface area contributed by atoms with Crippen LogP contribution < -0.4 is 9.88 Å². The fourth-order valence-electron chi connectivity index (χ4n) is 2.29. The summed E-state index contributed by atoms with van der Waals surface area (Å²) in [7, 11) is -2.05. The van der Waals surface area contributed by atoms with Gasteiger partial charge >= 0.3 is 0 Å². The van der Waals surface area contributed by atoms with Gasteiger partial charge in [0.25, 0.3) is 0 Å². The molecule has 1 aromatic carbocycles. The number of amides is 1. The van der Waals surface area contributed by atoms with Crippen LogP contribution in [0.5, 0.6) is 5.75 Å². The molecule has 1 aliphatic heterocycles. The Bertz CT molecular complexity index is 627. The molecule has 0 aliphatic carbocycles. The van der Waals surface area contributed by atoms with Crippen LogP contribution >= 0.6 is 0 Å². The highest BCUT2D eigenvalue weighted by Crippen LogP contribution is 2.36. The van der Waals surface area contributed by atoms with Gasteiger partial charge in [-0.25, -0.2) is 13.6 Å². The zero-order chi connectivity index (χ0) is 14.9. The van der Waals surface area contributed by atoms with Crippen molar-refractivity contribution in [3.05, 3.63) is 23.8 Å². The van der Waals surface area contributed by atoms with E-state index >= 15 is 0 Å². The van der Waals surface area contributed by atoms with E-state index in [1.165, 1.54) is 12.1 Å². The number of hydrogen-bond acceptors (Lipinski definition) is 4. The molecule has 0 spiro atoms. The third kappa shape index (κ3) is 2.78. The lowest BCUT2D eigenvalue weighted by atomic mass is 10.00. The van der Waals surface area contributed by atoms with Gasteiger partial charge in [0.05, 0.1) is 4.90 Å². The van der Waals surface area contributed by atoms with Gasteiger partial charge in [-0.15, -0.1) is 0 Å². The molecule has 1 aliphatic rings. The fourth-order valence-corrected chi connectivity index (χ4v) is 2.84. The molecule has 6 nitrogen and oxygen atoms in total. The Kier molecular flexibility index (Phi) is 4.01. The van der Waals surface area contributed by atoms with E-state index in [4.69, 9.17) is 9.88 Å². The molecule has 0 saturated carbocycles. The number of primary sulfonamides is 1. The molecule has 0 bridgehead atoms. The maximum absolute atomic E-state index is 12.3. The number of nitrogens with zero attached hydrogens (tertiary/aromatic N) is 1. The summed E-state index contributed by atoms with van der Waals surface area (Å²) in [6.45, 7) is 2.87. The number of likely N-dealkylation sites (N-methyl/N-ethyl adjacent to an activating group) is 1. The van der Waals surface area contributed by atoms with Crippen LogP contribution in [-0.2, 0) is 14.8 Å². The standard InChI is InChI=1S/C13H18N2O4S/c1-3-6-15(2)13(16)11-8-19-12-5-4-9(7-10(11)12)20(14,17)18/h4-5,7,11H,3,6,8H2,1-2H3,(H2,14,17,18). The molecule has 0 aromatic heterocycles. The Morgan fingerprint density at radius 2 is 2.20 bits per heavy atom. The van der Waals surface area contributed by atoms with E-state index in [1.807, 2.05) is 6.92 Å². The number of benzene rings is 1. The maximum Gasteiger partial charge on any atom is 0.238 e. The van der Waals surface area contributed by atoms with Crippen LogP contribution in [0.3, 0.4) is 0 Å². The zero-order valence-corrected chi connectivity index (χ0v) is 12.3. The van der Waals surface area contributed by atoms with Gasteiger partial charge in [-0.3, -0.25) is 4.79 Å². The Morgan fingerprint density at radius 3 is 2.80 bits per heavy atom. The largest absolute Gasteiger partial charge is 0.492 e. The van der Waals surface area contributed by atoms with Gasteiger partial charge < -0.3 is 9.64 Å². The summed E-state index contributed by atoms with van der Waals surface area (Å²) in [6.07, 6.45) is 0.861. The minimum atomic E-state index is -3.78. The number of fused-ring (bicyclic) bond motifs is 1. The molecule has 0 saturated heterocycles. The van der Waals surface area contributed by atoms with Crippen molar-refractivity contribution < 1.29 is 17.9 Å². The second kappa shape index (κ2) is 5.41. The number of nitrogens with two attached hydrogens (primary N) is 1. The average molecular weight is 298 g/mol. The number of rotatable bonds is 4. The topological polar surface area (TPSA) is 89.7 Å². The van der Waals surface area contributed by atoms with Gasteiger partial charge in [0, 0.05) is 19.2 Å². The van der Waals surface area contributed by atoms with E-state index in [-0.39, 0.29) is 17.4 Å². The minimum Gasteiger partial charge on any atom is -0.492 e. The van der Waals surface area contributed by atoms with Crippen molar-refractivity contribution in [1.82, 2.24) is 4.90 Å². The zero-order valence-electron chi connectivity index (χ0n) is 11.5. The van der Waals surface area contributed by atoms with Crippen LogP contribution in [0.1, 0.15) is 24.8 Å². The SMILES string of the molecule is CCCN(C)C(=O)C1COc2ccc(S(N)(=O)=O)cc21. The van der Waals surface area contributed by atoms with E-state index < -0.39 is 15.9 Å². The smallest absolute Gasteiger partial charge is 0.238 e. The maximum atomic E-state index is 12.3. The Hall–Kier alpha value is -1.60. The third-order valence-corrected chi connectivity index (χ3v) is 4.24. The molecule has 110 valence electrons. The van der Waals surface area contributed by atoms with Crippen molar-refractivity contribution in [2.24, 2.45) is 5.14 Å². The predicted molar refractivity (Wildman–Crippen MR) is 74.0 cm³/mol. The predicted octanol–water partition coefficient (Wildman–Crippen LogP) is 0.678. The lowest BCUT2D eigenvalue weighted by Crippen LogP contribution is -2.33. The highest BCUT2D eigenvalue weighted by molar-refractivity contribution is 7.89. The van der Waals surface area contributed by atoms with Gasteiger partial charge in [0.15, 0.2) is 0 Å². The number of ether oxygens (including phenoxy) is 1. The van der Waals surface area contributed by atoms with Crippen LogP contribution in [0.2, 0.25) is 0 Å². The van der Waals surface area contributed by atoms with E-state index in [0.717, 1.165) is 6.42 Å². The molecule has 1 aromatic rings. The third-order valence-electron chi connectivity index (χ3n) is 3.32. The quantitative estimate of drug-likeness (QED) is 0.885. The van der Waals surface area contributed by atoms with Crippen LogP contribution in [0.15, 0.2) is 23.1 Å². The van der Waals surface area contributed by atoms with Gasteiger partial charge in [0.1, 0.15) is 18.3 Å². The minimum absolute atomic E-state index is 0.00213. The van der Waals surface area contributed by atoms with E-state index in [1.54, 1.807) is 18.0 Å². The van der Waals surface area contributed by atoms with Crippen LogP contribution in [0.25, 0.3) is 0 Å². The summed E-state index contributed by atoms with van der Waals surface area (Å²) in [6, 6.07) is 4.36. The second-order valence-electron chi connectivity index (χ2n) is 4.87. The number of hydrogen-bond donors (Lipinski definition) is 1. The molecule has 1 amide bonds. The summed E-state index contributed by atoms with van der Waals surface area (Å²) >= 11 is 0. The number of carbonyl (C=O) groups excluding carboxylic acids is 1. The number of sulfonamides is 1. The lowest BCUT2D eigenvalue weighted by molar-refractivity contribution is -0.131. The van der Waals surface area contributed by atoms with E-state index in [2.05, 4.69) is 0 Å². The number of carbonyl (C=O) groups is 1. The van der Waals surface area contributed by atoms with Crippen molar-refractivity contribution in [3.63, 3.8) is 0 Å². The van der Waals surface area contributed by atoms with E-state index in [9.17, 15) is 13.2 Å². The van der Waals surface area contributed by atoms with Crippen molar-refractivity contribution in [2.75, 3.05) is 20.2 Å². The van der Waals surface area contributed by atoms with Gasteiger partial charge in [-0.1, -0.05) is 6.92 Å². The normalized spacial score (nSPS) is 17.4. The first-order chi connectivity index (χ1) is 9.34. The monoisotopic (exact) mass is 298 g/mol. The molecular formula is C13H18N2O4S. The van der Waals surface area contributed by atoms with Crippen molar-refractivity contribution in [3.8, 4) is 5.75 Å². The summed E-state index contributed by atoms with van der Waals surface area (Å²) < 4.78 is 28.2. The molecule has 1 atom stereocenters. The van der Waals surface area contributed by atoms with Crippen molar-refractivity contribution >= 4 is 15.9 Å². The Morgan fingerprint density at radius 1 is 1.50 bits per heavy atom. The first kappa shape index (κ1) is 14.8. The Labute approximate surface area is 118 Å². The molecule has 0 fully saturated rings. The first-order valence-corrected chi connectivity index (χ1v) is 7.93. The van der Waals surface area contributed by atoms with Gasteiger partial charge in [0.2, 0.25) is 15.9 Å². The molecule has 2 N–H and O–H groups in total. The summed E-state index contributed by atoms with van der Waals surface area (Å²) in [4.78, 5) is 14.0. The molecular weight excluding hydrogens is 280 g/mol. The average Bonchev–Trinajstić information content (AvgIpc) is 2.79. The van der Waals surface area contributed by atoms with Gasteiger partial charge in [-0.2, -0.15) is 0 Å². The molecule has 2 rings (SSSR count). The first-order valence-electron chi connectivity index (χ1n) is 6.39. The molecule has 7 heteroatoms. The highest BCUT2D eigenvalue weighted by Gasteiger charge is 2.33. The van der Waals surface area contributed by atoms with Crippen LogP contribution in [-0.4, -0.2) is 39.4 Å². The molecule has 1 unspecified atom stereocenters. The molecule has 0 radical (unpaired) electrons. The van der Waals surface area contributed by atoms with Crippen LogP contribution in [0, 0.1) is 0 Å². The Balaban J connectivity index is 2.34. The molecule has 20 heavy (non-hydrogen) atoms. The summed E-state index contributed by atoms with van der Waals surface area (Å²) in [5, 5.41) is 5.12. The fraction of sp³-hybridized carbons (Fsp3) is 0.462. The second-order valence-corrected chi connectivity index (χ2v) is 6.43. The summed E-state index contributed by atoms with van der Waals surface area (Å²) in [5.41, 5.74) is 0.587.